The van der Waals surface area contributed by atoms with Gasteiger partial charge in [0.05, 0.1) is 46.0 Å². The van der Waals surface area contributed by atoms with E-state index in [1.54, 1.807) is 13.8 Å². The van der Waals surface area contributed by atoms with Crippen LogP contribution in [0.5, 0.6) is 5.75 Å². The molecular formula is C19H19N3O8S. The van der Waals surface area contributed by atoms with E-state index in [-0.39, 0.29) is 39.9 Å². The van der Waals surface area contributed by atoms with Crippen LogP contribution in [0.3, 0.4) is 0 Å². The number of nitrogens with two attached hydrogens (primary N) is 1. The van der Waals surface area contributed by atoms with Crippen LogP contribution in [0, 0.1) is 10.1 Å². The van der Waals surface area contributed by atoms with E-state index in [9.17, 15) is 29.6 Å². The standard InChI is InChI=1S/C19H19N3O8S/c1-4-30-19(26)13-12(10-7-9(22(27)28)5-6-11(10)23)14(18(25)29-3)17-21(15(13)20)16(24)8(2)31-17/h5-8,12,23H,4,20H2,1-3H3/t8-,12-/m0/s1. The average molecular weight is 449 g/mol. The number of hydrogen-bond acceptors (Lipinski definition) is 10. The van der Waals surface area contributed by atoms with Crippen LogP contribution < -0.4 is 5.73 Å². The average Bonchev–Trinajstić information content (AvgIpc) is 3.02. The molecule has 11 nitrogen and oxygen atoms in total. The summed E-state index contributed by atoms with van der Waals surface area (Å²) in [7, 11) is 1.11. The van der Waals surface area contributed by atoms with Gasteiger partial charge in [0.2, 0.25) is 5.91 Å². The summed E-state index contributed by atoms with van der Waals surface area (Å²) in [6.07, 6.45) is 0. The molecule has 164 valence electrons. The fourth-order valence-corrected chi connectivity index (χ4v) is 4.61. The Hall–Kier alpha value is -3.54. The van der Waals surface area contributed by atoms with Gasteiger partial charge in [-0.2, -0.15) is 0 Å². The lowest BCUT2D eigenvalue weighted by atomic mass is 9.81. The van der Waals surface area contributed by atoms with Gasteiger partial charge in [0, 0.05) is 17.7 Å². The summed E-state index contributed by atoms with van der Waals surface area (Å²) in [5.74, 6) is -4.33. The number of phenolic OH excluding ortho intramolecular Hbond substituents is 1. The highest BCUT2D eigenvalue weighted by Crippen LogP contribution is 2.51. The number of phenols is 1. The number of non-ortho nitro benzene ring substituents is 1. The predicted octanol–water partition coefficient (Wildman–Crippen LogP) is 1.48. The molecule has 0 spiro atoms. The summed E-state index contributed by atoms with van der Waals surface area (Å²) in [6.45, 7) is 3.12. The number of fused-ring (bicyclic) bond motifs is 1. The van der Waals surface area contributed by atoms with Gasteiger partial charge in [0.25, 0.3) is 5.69 Å². The third kappa shape index (κ3) is 3.58. The zero-order valence-electron chi connectivity index (χ0n) is 16.8. The second-order valence-corrected chi connectivity index (χ2v) is 7.93. The summed E-state index contributed by atoms with van der Waals surface area (Å²) >= 11 is 1.03. The highest BCUT2D eigenvalue weighted by molar-refractivity contribution is 8.04. The first kappa shape index (κ1) is 22.2. The number of hydrogen-bond donors (Lipinski definition) is 2. The van der Waals surface area contributed by atoms with E-state index >= 15 is 0 Å². The van der Waals surface area contributed by atoms with E-state index in [0.717, 1.165) is 42.0 Å². The molecule has 3 rings (SSSR count). The molecule has 31 heavy (non-hydrogen) atoms. The predicted molar refractivity (Wildman–Crippen MR) is 108 cm³/mol. The lowest BCUT2D eigenvalue weighted by molar-refractivity contribution is -0.384. The van der Waals surface area contributed by atoms with E-state index in [1.165, 1.54) is 0 Å². The van der Waals surface area contributed by atoms with Crippen LogP contribution in [0.2, 0.25) is 0 Å². The normalized spacial score (nSPS) is 20.6. The zero-order valence-corrected chi connectivity index (χ0v) is 17.6. The molecule has 2 aliphatic heterocycles. The smallest absolute Gasteiger partial charge is 0.338 e. The van der Waals surface area contributed by atoms with Crippen LogP contribution in [-0.4, -0.2) is 51.7 Å². The number of methoxy groups -OCH3 is 1. The molecule has 0 bridgehead atoms. The Balaban J connectivity index is 2.38. The van der Waals surface area contributed by atoms with Gasteiger partial charge in [-0.3, -0.25) is 19.8 Å². The van der Waals surface area contributed by atoms with Gasteiger partial charge in [-0.15, -0.1) is 0 Å². The van der Waals surface area contributed by atoms with Crippen molar-refractivity contribution < 1.29 is 33.9 Å². The Bertz CT molecular complexity index is 1060. The third-order valence-electron chi connectivity index (χ3n) is 4.82. The second-order valence-electron chi connectivity index (χ2n) is 6.60. The SMILES string of the molecule is CCOC(=O)C1=C(N)N2C(=O)[C@H](C)SC2=C(C(=O)OC)[C@H]1c1cc([N+](=O)[O-])ccc1O. The lowest BCUT2D eigenvalue weighted by Gasteiger charge is -2.33. The molecular weight excluding hydrogens is 430 g/mol. The Kier molecular flexibility index (Phi) is 5.93. The van der Waals surface area contributed by atoms with Crippen molar-refractivity contribution in [2.75, 3.05) is 13.7 Å². The summed E-state index contributed by atoms with van der Waals surface area (Å²) < 4.78 is 9.96. The zero-order chi connectivity index (χ0) is 23.0. The van der Waals surface area contributed by atoms with E-state index < -0.39 is 39.7 Å². The minimum absolute atomic E-state index is 0.0352. The molecule has 2 atom stereocenters. The Morgan fingerprint density at radius 3 is 2.58 bits per heavy atom. The van der Waals surface area contributed by atoms with Crippen LogP contribution in [0.25, 0.3) is 0 Å². The quantitative estimate of drug-likeness (QED) is 0.382. The molecule has 3 N–H and O–H groups in total. The fraction of sp³-hybridized carbons (Fsp3) is 0.316. The van der Waals surface area contributed by atoms with Crippen LogP contribution in [0.15, 0.2) is 40.2 Å². The summed E-state index contributed by atoms with van der Waals surface area (Å²) in [5.41, 5.74) is 5.24. The minimum Gasteiger partial charge on any atom is -0.508 e. The molecule has 0 unspecified atom stereocenters. The van der Waals surface area contributed by atoms with Crippen LogP contribution in [-0.2, 0) is 23.9 Å². The Morgan fingerprint density at radius 1 is 1.32 bits per heavy atom. The molecule has 0 radical (unpaired) electrons. The van der Waals surface area contributed by atoms with Crippen molar-refractivity contribution in [2.24, 2.45) is 5.73 Å². The highest BCUT2D eigenvalue weighted by atomic mass is 32.2. The fourth-order valence-electron chi connectivity index (χ4n) is 3.44. The van der Waals surface area contributed by atoms with Gasteiger partial charge in [-0.25, -0.2) is 9.59 Å². The number of nitro groups is 1. The van der Waals surface area contributed by atoms with Gasteiger partial charge in [-0.05, 0) is 19.9 Å². The topological polar surface area (TPSA) is 162 Å². The van der Waals surface area contributed by atoms with Crippen molar-refractivity contribution in [3.63, 3.8) is 0 Å². The number of aromatic hydroxyl groups is 1. The van der Waals surface area contributed by atoms with Crippen molar-refractivity contribution in [1.82, 2.24) is 4.90 Å². The molecule has 1 aromatic carbocycles. The molecule has 0 aromatic heterocycles. The van der Waals surface area contributed by atoms with Gasteiger partial charge < -0.3 is 20.3 Å². The lowest BCUT2D eigenvalue weighted by Crippen LogP contribution is -2.40. The summed E-state index contributed by atoms with van der Waals surface area (Å²) in [6, 6.07) is 3.19. The van der Waals surface area contributed by atoms with Gasteiger partial charge in [-0.1, -0.05) is 11.8 Å². The summed E-state index contributed by atoms with van der Waals surface area (Å²) in [4.78, 5) is 50.0. The maximum Gasteiger partial charge on any atom is 0.338 e. The highest BCUT2D eigenvalue weighted by Gasteiger charge is 2.49. The van der Waals surface area contributed by atoms with E-state index in [0.29, 0.717) is 0 Å². The number of ether oxygens (including phenoxy) is 2. The van der Waals surface area contributed by atoms with Crippen molar-refractivity contribution in [3.05, 3.63) is 55.9 Å². The number of amides is 1. The molecule has 2 heterocycles. The van der Waals surface area contributed by atoms with Gasteiger partial charge in [0.1, 0.15) is 11.6 Å². The molecule has 2 aliphatic rings. The Morgan fingerprint density at radius 2 is 2.00 bits per heavy atom. The molecule has 1 fully saturated rings. The summed E-state index contributed by atoms with van der Waals surface area (Å²) in [5, 5.41) is 21.3. The van der Waals surface area contributed by atoms with Crippen molar-refractivity contribution in [2.45, 2.75) is 25.0 Å². The van der Waals surface area contributed by atoms with Crippen molar-refractivity contribution in [1.29, 1.82) is 0 Å². The van der Waals surface area contributed by atoms with E-state index in [1.807, 2.05) is 0 Å². The number of carbonyl (C=O) groups is 3. The van der Waals surface area contributed by atoms with Crippen LogP contribution in [0.4, 0.5) is 5.69 Å². The van der Waals surface area contributed by atoms with E-state index in [2.05, 4.69) is 0 Å². The number of benzene rings is 1. The molecule has 0 aliphatic carbocycles. The first-order chi connectivity index (χ1) is 14.6. The first-order valence-corrected chi connectivity index (χ1v) is 9.99. The first-order valence-electron chi connectivity index (χ1n) is 9.11. The number of thioether (sulfide) groups is 1. The van der Waals surface area contributed by atoms with Gasteiger partial charge in [0.15, 0.2) is 0 Å². The van der Waals surface area contributed by atoms with Crippen LogP contribution >= 0.6 is 11.8 Å². The third-order valence-corrected chi connectivity index (χ3v) is 6.00. The van der Waals surface area contributed by atoms with Gasteiger partial charge >= 0.3 is 11.9 Å². The maximum absolute atomic E-state index is 12.9. The van der Waals surface area contributed by atoms with Crippen molar-refractivity contribution in [3.8, 4) is 5.75 Å². The molecule has 1 amide bonds. The molecule has 0 saturated carbocycles. The van der Waals surface area contributed by atoms with E-state index in [4.69, 9.17) is 15.2 Å². The maximum atomic E-state index is 12.9. The molecule has 12 heteroatoms. The minimum atomic E-state index is -1.36. The van der Waals surface area contributed by atoms with Crippen LogP contribution in [0.1, 0.15) is 25.3 Å². The second kappa shape index (κ2) is 8.30. The molecule has 1 saturated heterocycles. The number of rotatable bonds is 5. The number of esters is 2. The number of carbonyl (C=O) groups excluding carboxylic acids is 3. The number of nitrogens with zero attached hydrogens (tertiary/aromatic N) is 2. The monoisotopic (exact) mass is 449 g/mol. The largest absolute Gasteiger partial charge is 0.508 e. The Labute approximate surface area is 180 Å². The molecule has 1 aromatic rings. The van der Waals surface area contributed by atoms with Crippen molar-refractivity contribution >= 4 is 35.3 Å². The number of nitro benzene ring substituents is 1.